The average molecular weight is 302 g/mol. The predicted octanol–water partition coefficient (Wildman–Crippen LogP) is 2.96. The number of nitrogens with one attached hydrogen (secondary N) is 2. The number of thiophene rings is 1. The summed E-state index contributed by atoms with van der Waals surface area (Å²) in [5.74, 6) is 0.828. The molecule has 2 aromatic heterocycles. The summed E-state index contributed by atoms with van der Waals surface area (Å²) >= 11 is 1.85. The molecule has 2 heterocycles. The van der Waals surface area contributed by atoms with E-state index in [4.69, 9.17) is 0 Å². The van der Waals surface area contributed by atoms with Gasteiger partial charge in [0, 0.05) is 22.5 Å². The first-order valence-electron chi connectivity index (χ1n) is 7.31. The first-order valence-corrected chi connectivity index (χ1v) is 8.13. The molecule has 0 aromatic carbocycles. The molecular formula is C16H22N4S. The van der Waals surface area contributed by atoms with Crippen LogP contribution in [0.4, 0.5) is 0 Å². The maximum Gasteiger partial charge on any atom is 0.191 e. The van der Waals surface area contributed by atoms with Crippen molar-refractivity contribution in [2.24, 2.45) is 4.99 Å². The molecule has 2 N–H and O–H groups in total. The van der Waals surface area contributed by atoms with Crippen molar-refractivity contribution < 1.29 is 0 Å². The van der Waals surface area contributed by atoms with Crippen molar-refractivity contribution in [2.45, 2.75) is 33.4 Å². The number of hydrogen-bond donors (Lipinski definition) is 2. The minimum absolute atomic E-state index is 0.584. The lowest BCUT2D eigenvalue weighted by molar-refractivity contribution is 0.819. The highest BCUT2D eigenvalue weighted by Crippen LogP contribution is 2.16. The number of guanidine groups is 1. The first kappa shape index (κ1) is 15.5. The van der Waals surface area contributed by atoms with Gasteiger partial charge in [-0.15, -0.1) is 11.3 Å². The molecule has 0 unspecified atom stereocenters. The summed E-state index contributed by atoms with van der Waals surface area (Å²) < 4.78 is 0. The Balaban J connectivity index is 1.91. The van der Waals surface area contributed by atoms with Crippen molar-refractivity contribution in [2.75, 3.05) is 6.54 Å². The van der Waals surface area contributed by atoms with Crippen LogP contribution in [0.3, 0.4) is 0 Å². The Hall–Kier alpha value is -1.88. The van der Waals surface area contributed by atoms with Crippen LogP contribution in [0.5, 0.6) is 0 Å². The smallest absolute Gasteiger partial charge is 0.191 e. The Morgan fingerprint density at radius 2 is 2.00 bits per heavy atom. The van der Waals surface area contributed by atoms with Crippen LogP contribution in [0.2, 0.25) is 0 Å². The van der Waals surface area contributed by atoms with E-state index < -0.39 is 0 Å². The quantitative estimate of drug-likeness (QED) is 0.637. The third kappa shape index (κ3) is 5.19. The van der Waals surface area contributed by atoms with E-state index in [1.165, 1.54) is 9.75 Å². The van der Waals surface area contributed by atoms with E-state index in [0.29, 0.717) is 6.54 Å². The Kier molecular flexibility index (Phi) is 6.22. The van der Waals surface area contributed by atoms with Crippen LogP contribution in [-0.2, 0) is 19.5 Å². The first-order chi connectivity index (χ1) is 10.3. The molecule has 112 valence electrons. The van der Waals surface area contributed by atoms with Gasteiger partial charge in [0.25, 0.3) is 0 Å². The maximum absolute atomic E-state index is 4.56. The molecule has 0 fully saturated rings. The number of aryl methyl sites for hydroxylation is 1. The van der Waals surface area contributed by atoms with E-state index >= 15 is 0 Å². The summed E-state index contributed by atoms with van der Waals surface area (Å²) in [6.07, 6.45) is 2.89. The zero-order chi connectivity index (χ0) is 14.9. The summed E-state index contributed by atoms with van der Waals surface area (Å²) in [6.45, 7) is 6.48. The number of aromatic nitrogens is 1. The third-order valence-corrected chi connectivity index (χ3v) is 4.19. The van der Waals surface area contributed by atoms with E-state index in [0.717, 1.165) is 31.2 Å². The molecule has 0 bridgehead atoms. The van der Waals surface area contributed by atoms with E-state index in [9.17, 15) is 0 Å². The van der Waals surface area contributed by atoms with Crippen LogP contribution < -0.4 is 10.6 Å². The van der Waals surface area contributed by atoms with Crippen molar-refractivity contribution in [3.63, 3.8) is 0 Å². The van der Waals surface area contributed by atoms with Gasteiger partial charge in [0.05, 0.1) is 18.8 Å². The lowest BCUT2D eigenvalue weighted by Crippen LogP contribution is -2.36. The van der Waals surface area contributed by atoms with Crippen LogP contribution in [-0.4, -0.2) is 17.5 Å². The molecule has 0 aliphatic rings. The van der Waals surface area contributed by atoms with Crippen LogP contribution >= 0.6 is 11.3 Å². The van der Waals surface area contributed by atoms with E-state index in [2.05, 4.69) is 46.6 Å². The van der Waals surface area contributed by atoms with Gasteiger partial charge in [0.2, 0.25) is 0 Å². The van der Waals surface area contributed by atoms with Gasteiger partial charge in [-0.3, -0.25) is 4.98 Å². The number of nitrogens with zero attached hydrogens (tertiary/aromatic N) is 2. The van der Waals surface area contributed by atoms with Gasteiger partial charge in [-0.25, -0.2) is 4.99 Å². The zero-order valence-corrected chi connectivity index (χ0v) is 13.4. The average Bonchev–Trinajstić information content (AvgIpc) is 2.99. The lowest BCUT2D eigenvalue weighted by atomic mass is 10.3. The van der Waals surface area contributed by atoms with Crippen molar-refractivity contribution in [3.8, 4) is 0 Å². The molecule has 0 amide bonds. The summed E-state index contributed by atoms with van der Waals surface area (Å²) in [5.41, 5.74) is 0.971. The molecule has 0 radical (unpaired) electrons. The molecular weight excluding hydrogens is 280 g/mol. The molecule has 5 heteroatoms. The van der Waals surface area contributed by atoms with Crippen LogP contribution in [0, 0.1) is 0 Å². The van der Waals surface area contributed by atoms with Gasteiger partial charge in [-0.1, -0.05) is 13.0 Å². The molecule has 0 aliphatic carbocycles. The summed E-state index contributed by atoms with van der Waals surface area (Å²) in [6, 6.07) is 10.3. The summed E-state index contributed by atoms with van der Waals surface area (Å²) in [7, 11) is 0. The molecule has 4 nitrogen and oxygen atoms in total. The molecule has 0 aliphatic heterocycles. The summed E-state index contributed by atoms with van der Waals surface area (Å²) in [5, 5.41) is 6.63. The van der Waals surface area contributed by atoms with E-state index in [1.807, 2.05) is 29.5 Å². The molecule has 0 saturated carbocycles. The van der Waals surface area contributed by atoms with Crippen molar-refractivity contribution >= 4 is 17.3 Å². The highest BCUT2D eigenvalue weighted by Gasteiger charge is 2.01. The Labute approximate surface area is 130 Å². The number of hydrogen-bond acceptors (Lipinski definition) is 3. The Morgan fingerprint density at radius 3 is 2.67 bits per heavy atom. The molecule has 0 spiro atoms. The molecule has 0 saturated heterocycles. The fourth-order valence-electron chi connectivity index (χ4n) is 1.87. The SMILES string of the molecule is CCNC(=NCc1ccccn1)NCc1ccc(CC)s1. The van der Waals surface area contributed by atoms with E-state index in [1.54, 1.807) is 6.20 Å². The number of rotatable bonds is 6. The second kappa shape index (κ2) is 8.42. The maximum atomic E-state index is 4.56. The fraction of sp³-hybridized carbons (Fsp3) is 0.375. The lowest BCUT2D eigenvalue weighted by Gasteiger charge is -2.10. The minimum Gasteiger partial charge on any atom is -0.357 e. The Bertz CT molecular complexity index is 563. The highest BCUT2D eigenvalue weighted by atomic mass is 32.1. The Morgan fingerprint density at radius 1 is 1.14 bits per heavy atom. The molecule has 0 atom stereocenters. The zero-order valence-electron chi connectivity index (χ0n) is 12.6. The number of pyridine rings is 1. The fourth-order valence-corrected chi connectivity index (χ4v) is 2.77. The van der Waals surface area contributed by atoms with E-state index in [-0.39, 0.29) is 0 Å². The highest BCUT2D eigenvalue weighted by molar-refractivity contribution is 7.11. The van der Waals surface area contributed by atoms with Gasteiger partial charge < -0.3 is 10.6 Å². The van der Waals surface area contributed by atoms with Gasteiger partial charge in [-0.05, 0) is 37.6 Å². The second-order valence-electron chi connectivity index (χ2n) is 4.59. The summed E-state index contributed by atoms with van der Waals surface area (Å²) in [4.78, 5) is 11.6. The molecule has 21 heavy (non-hydrogen) atoms. The van der Waals surface area contributed by atoms with Gasteiger partial charge >= 0.3 is 0 Å². The van der Waals surface area contributed by atoms with Gasteiger partial charge in [-0.2, -0.15) is 0 Å². The number of aliphatic imine (C=N–C) groups is 1. The largest absolute Gasteiger partial charge is 0.357 e. The van der Waals surface area contributed by atoms with Crippen LogP contribution in [0.25, 0.3) is 0 Å². The van der Waals surface area contributed by atoms with Gasteiger partial charge in [0.15, 0.2) is 5.96 Å². The monoisotopic (exact) mass is 302 g/mol. The van der Waals surface area contributed by atoms with Crippen molar-refractivity contribution in [1.82, 2.24) is 15.6 Å². The topological polar surface area (TPSA) is 49.3 Å². The van der Waals surface area contributed by atoms with Crippen molar-refractivity contribution in [1.29, 1.82) is 0 Å². The van der Waals surface area contributed by atoms with Crippen molar-refractivity contribution in [3.05, 3.63) is 52.0 Å². The van der Waals surface area contributed by atoms with Gasteiger partial charge in [0.1, 0.15) is 0 Å². The standard InChI is InChI=1S/C16H22N4S/c1-3-14-8-9-15(21-14)12-20-16(17-4-2)19-11-13-7-5-6-10-18-13/h5-10H,3-4,11-12H2,1-2H3,(H2,17,19,20). The second-order valence-corrected chi connectivity index (χ2v) is 5.84. The molecule has 2 rings (SSSR count). The third-order valence-electron chi connectivity index (χ3n) is 2.97. The predicted molar refractivity (Wildman–Crippen MR) is 89.6 cm³/mol. The normalized spacial score (nSPS) is 11.4. The minimum atomic E-state index is 0.584. The van der Waals surface area contributed by atoms with Crippen LogP contribution in [0.15, 0.2) is 41.5 Å². The van der Waals surface area contributed by atoms with Crippen LogP contribution in [0.1, 0.15) is 29.3 Å². The molecule has 2 aromatic rings.